The van der Waals surface area contributed by atoms with Crippen molar-refractivity contribution in [1.29, 1.82) is 0 Å². The van der Waals surface area contributed by atoms with Crippen LogP contribution >= 0.6 is 0 Å². The Morgan fingerprint density at radius 3 is 2.17 bits per heavy atom. The van der Waals surface area contributed by atoms with Crippen molar-refractivity contribution in [1.82, 2.24) is 4.98 Å². The second-order valence-electron chi connectivity index (χ2n) is 6.24. The molecule has 1 aromatic heterocycles. The van der Waals surface area contributed by atoms with Gasteiger partial charge in [-0.15, -0.1) is 13.2 Å². The Hall–Kier alpha value is -3.05. The van der Waals surface area contributed by atoms with Crippen molar-refractivity contribution in [3.63, 3.8) is 0 Å². The highest BCUT2D eigenvalue weighted by Gasteiger charge is 2.31. The third-order valence-corrected chi connectivity index (χ3v) is 5.05. The van der Waals surface area contributed by atoms with Gasteiger partial charge in [-0.3, -0.25) is 4.98 Å². The van der Waals surface area contributed by atoms with Gasteiger partial charge < -0.3 is 4.74 Å². The quantitative estimate of drug-likeness (QED) is 0.599. The van der Waals surface area contributed by atoms with Gasteiger partial charge in [0, 0.05) is 17.3 Å². The maximum Gasteiger partial charge on any atom is 0.573 e. The van der Waals surface area contributed by atoms with Crippen molar-refractivity contribution in [3.8, 4) is 28.1 Å². The molecule has 0 saturated carbocycles. The largest absolute Gasteiger partial charge is 0.573 e. The van der Waals surface area contributed by atoms with Crippen LogP contribution in [0.15, 0.2) is 53.6 Å². The van der Waals surface area contributed by atoms with E-state index >= 15 is 0 Å². The van der Waals surface area contributed by atoms with Gasteiger partial charge in [-0.25, -0.2) is 22.3 Å². The van der Waals surface area contributed by atoms with E-state index in [2.05, 4.69) is 9.72 Å². The standard InChI is InChI=1S/C19H13F5N2O3S/c1-10-7-12(29-19(22,23)24)4-5-13(10)17-14(3-2-6-26-17)11-8-15(20)18(16(21)9-11)30(25,27)28/h2-9H,1H3,(H2,25,27,28). The zero-order valence-electron chi connectivity index (χ0n) is 15.2. The number of primary sulfonamides is 1. The van der Waals surface area contributed by atoms with Crippen molar-refractivity contribution in [2.75, 3.05) is 0 Å². The number of aryl methyl sites for hydroxylation is 1. The molecule has 2 N–H and O–H groups in total. The number of halogens is 5. The highest BCUT2D eigenvalue weighted by atomic mass is 32.2. The Bertz CT molecular complexity index is 1200. The van der Waals surface area contributed by atoms with Crippen LogP contribution in [-0.4, -0.2) is 19.8 Å². The molecule has 30 heavy (non-hydrogen) atoms. The first-order chi connectivity index (χ1) is 13.9. The van der Waals surface area contributed by atoms with Crippen LogP contribution in [-0.2, 0) is 10.0 Å². The summed E-state index contributed by atoms with van der Waals surface area (Å²) < 4.78 is 92.4. The molecule has 2 aromatic carbocycles. The number of pyridine rings is 1. The molecule has 0 amide bonds. The van der Waals surface area contributed by atoms with Crippen LogP contribution in [0.25, 0.3) is 22.4 Å². The topological polar surface area (TPSA) is 82.3 Å². The Morgan fingerprint density at radius 1 is 1.00 bits per heavy atom. The number of rotatable bonds is 4. The summed E-state index contributed by atoms with van der Waals surface area (Å²) in [5, 5.41) is 4.83. The lowest BCUT2D eigenvalue weighted by atomic mass is 9.96. The van der Waals surface area contributed by atoms with E-state index in [9.17, 15) is 30.4 Å². The lowest BCUT2D eigenvalue weighted by Crippen LogP contribution is -2.17. The number of hydrogen-bond acceptors (Lipinski definition) is 4. The van der Waals surface area contributed by atoms with Crippen LogP contribution in [0.2, 0.25) is 0 Å². The molecule has 0 unspecified atom stereocenters. The van der Waals surface area contributed by atoms with Crippen molar-refractivity contribution in [2.45, 2.75) is 18.2 Å². The minimum atomic E-state index is -4.86. The first-order valence-electron chi connectivity index (χ1n) is 8.21. The van der Waals surface area contributed by atoms with Crippen LogP contribution in [0.4, 0.5) is 22.0 Å². The fraction of sp³-hybridized carbons (Fsp3) is 0.105. The van der Waals surface area contributed by atoms with E-state index in [0.29, 0.717) is 11.1 Å². The predicted octanol–water partition coefficient (Wildman–Crippen LogP) is 4.55. The summed E-state index contributed by atoms with van der Waals surface area (Å²) in [5.41, 5.74) is 1.16. The van der Waals surface area contributed by atoms with E-state index < -0.39 is 38.7 Å². The van der Waals surface area contributed by atoms with Gasteiger partial charge in [-0.05, 0) is 54.4 Å². The molecule has 3 rings (SSSR count). The first kappa shape index (κ1) is 21.7. The van der Waals surface area contributed by atoms with Crippen molar-refractivity contribution < 1.29 is 35.1 Å². The summed E-state index contributed by atoms with van der Waals surface area (Å²) in [6.07, 6.45) is -3.46. The van der Waals surface area contributed by atoms with Gasteiger partial charge >= 0.3 is 6.36 Å². The Kier molecular flexibility index (Phi) is 5.52. The number of alkyl halides is 3. The molecule has 0 aliphatic heterocycles. The average Bonchev–Trinajstić information content (AvgIpc) is 2.58. The SMILES string of the molecule is Cc1cc(OC(F)(F)F)ccc1-c1ncccc1-c1cc(F)c(S(N)(=O)=O)c(F)c1. The summed E-state index contributed by atoms with van der Waals surface area (Å²) in [4.78, 5) is 2.91. The van der Waals surface area contributed by atoms with E-state index in [1.165, 1.54) is 31.3 Å². The molecular weight excluding hydrogens is 431 g/mol. The normalized spacial score (nSPS) is 12.1. The molecule has 0 bridgehead atoms. The smallest absolute Gasteiger partial charge is 0.406 e. The molecular formula is C19H13F5N2O3S. The van der Waals surface area contributed by atoms with Gasteiger partial charge in [0.1, 0.15) is 17.4 Å². The Labute approximate surface area is 168 Å². The van der Waals surface area contributed by atoms with Gasteiger partial charge in [-0.1, -0.05) is 6.07 Å². The number of sulfonamides is 1. The molecule has 11 heteroatoms. The first-order valence-corrected chi connectivity index (χ1v) is 9.75. The average molecular weight is 444 g/mol. The predicted molar refractivity (Wildman–Crippen MR) is 97.8 cm³/mol. The molecule has 0 aliphatic carbocycles. The van der Waals surface area contributed by atoms with Crippen molar-refractivity contribution >= 4 is 10.0 Å². The molecule has 0 atom stereocenters. The lowest BCUT2D eigenvalue weighted by Gasteiger charge is -2.14. The van der Waals surface area contributed by atoms with Gasteiger partial charge in [0.2, 0.25) is 10.0 Å². The highest BCUT2D eigenvalue weighted by molar-refractivity contribution is 7.89. The summed E-state index contributed by atoms with van der Waals surface area (Å²) in [6, 6.07) is 8.10. The molecule has 1 heterocycles. The molecule has 3 aromatic rings. The number of benzene rings is 2. The Morgan fingerprint density at radius 2 is 1.63 bits per heavy atom. The maximum atomic E-state index is 14.3. The summed E-state index contributed by atoms with van der Waals surface area (Å²) in [6.45, 7) is 1.52. The fourth-order valence-corrected chi connectivity index (χ4v) is 3.60. The number of ether oxygens (including phenoxy) is 1. The van der Waals surface area contributed by atoms with Gasteiger partial charge in [0.15, 0.2) is 4.90 Å². The third-order valence-electron chi connectivity index (χ3n) is 4.09. The minimum Gasteiger partial charge on any atom is -0.406 e. The summed E-state index contributed by atoms with van der Waals surface area (Å²) >= 11 is 0. The van der Waals surface area contributed by atoms with Crippen LogP contribution in [0.1, 0.15) is 5.56 Å². The van der Waals surface area contributed by atoms with Crippen molar-refractivity contribution in [2.24, 2.45) is 5.14 Å². The van der Waals surface area contributed by atoms with E-state index in [1.54, 1.807) is 0 Å². The fourth-order valence-electron chi connectivity index (χ4n) is 2.94. The molecule has 158 valence electrons. The van der Waals surface area contributed by atoms with Gasteiger partial charge in [0.25, 0.3) is 0 Å². The number of hydrogen-bond donors (Lipinski definition) is 1. The second-order valence-corrected chi connectivity index (χ2v) is 7.74. The minimum absolute atomic E-state index is 0.0319. The summed E-state index contributed by atoms with van der Waals surface area (Å²) in [7, 11) is -4.62. The van der Waals surface area contributed by atoms with E-state index in [0.717, 1.165) is 24.3 Å². The molecule has 0 radical (unpaired) electrons. The van der Waals surface area contributed by atoms with Crippen LogP contribution in [0.5, 0.6) is 5.75 Å². The van der Waals surface area contributed by atoms with Crippen LogP contribution in [0.3, 0.4) is 0 Å². The molecule has 0 saturated heterocycles. The maximum absolute atomic E-state index is 14.3. The number of nitrogens with zero attached hydrogens (tertiary/aromatic N) is 1. The lowest BCUT2D eigenvalue weighted by molar-refractivity contribution is -0.274. The molecule has 5 nitrogen and oxygen atoms in total. The van der Waals surface area contributed by atoms with Gasteiger partial charge in [0.05, 0.1) is 5.69 Å². The van der Waals surface area contributed by atoms with Gasteiger partial charge in [-0.2, -0.15) is 0 Å². The van der Waals surface area contributed by atoms with Crippen molar-refractivity contribution in [3.05, 3.63) is 65.9 Å². The molecule has 0 fully saturated rings. The zero-order chi connectivity index (χ0) is 22.3. The third kappa shape index (κ3) is 4.57. The Balaban J connectivity index is 2.13. The van der Waals surface area contributed by atoms with E-state index in [4.69, 9.17) is 5.14 Å². The van der Waals surface area contributed by atoms with E-state index in [1.807, 2.05) is 0 Å². The zero-order valence-corrected chi connectivity index (χ0v) is 16.0. The second kappa shape index (κ2) is 7.65. The number of nitrogens with two attached hydrogens (primary N) is 1. The summed E-state index contributed by atoms with van der Waals surface area (Å²) in [5.74, 6) is -3.20. The van der Waals surface area contributed by atoms with Crippen LogP contribution in [0, 0.1) is 18.6 Å². The van der Waals surface area contributed by atoms with Crippen LogP contribution < -0.4 is 9.88 Å². The monoisotopic (exact) mass is 444 g/mol. The van der Waals surface area contributed by atoms with E-state index in [-0.39, 0.29) is 16.8 Å². The molecule has 0 spiro atoms. The number of aromatic nitrogens is 1. The molecule has 0 aliphatic rings. The highest BCUT2D eigenvalue weighted by Crippen LogP contribution is 2.36.